The minimum absolute atomic E-state index is 0.677. The van der Waals surface area contributed by atoms with E-state index in [0.29, 0.717) is 0 Å². The normalized spacial score (nSPS) is 13.6. The summed E-state index contributed by atoms with van der Waals surface area (Å²) in [5.41, 5.74) is -1.35. The Morgan fingerprint density at radius 1 is 0.933 bits per heavy atom. The SMILES string of the molecule is C=CC(C)(C)NS(=O)(=O)NC(C)(C)C=C. The van der Waals surface area contributed by atoms with Gasteiger partial charge in [0.1, 0.15) is 0 Å². The van der Waals surface area contributed by atoms with Crippen molar-refractivity contribution in [3.8, 4) is 0 Å². The Hall–Kier alpha value is -0.650. The van der Waals surface area contributed by atoms with Gasteiger partial charge in [-0.25, -0.2) is 0 Å². The van der Waals surface area contributed by atoms with Gasteiger partial charge in [-0.3, -0.25) is 0 Å². The first-order chi connectivity index (χ1) is 6.54. The van der Waals surface area contributed by atoms with Crippen LogP contribution < -0.4 is 9.44 Å². The molecule has 15 heavy (non-hydrogen) atoms. The van der Waals surface area contributed by atoms with Gasteiger partial charge in [-0.2, -0.15) is 17.9 Å². The molecule has 0 spiro atoms. The third-order valence-corrected chi connectivity index (χ3v) is 3.41. The maximum Gasteiger partial charge on any atom is 0.278 e. The number of hydrogen-bond acceptors (Lipinski definition) is 2. The molecular formula is C10H20N2O2S. The summed E-state index contributed by atoms with van der Waals surface area (Å²) in [6.45, 7) is 14.0. The van der Waals surface area contributed by atoms with Crippen LogP contribution in [-0.2, 0) is 10.2 Å². The average Bonchev–Trinajstić information content (AvgIpc) is 2.00. The van der Waals surface area contributed by atoms with E-state index in [1.165, 1.54) is 12.2 Å². The van der Waals surface area contributed by atoms with Gasteiger partial charge in [0.25, 0.3) is 10.2 Å². The Kier molecular flexibility index (Phi) is 4.27. The summed E-state index contributed by atoms with van der Waals surface area (Å²) in [6.07, 6.45) is 3.07. The fourth-order valence-corrected chi connectivity index (χ4v) is 2.40. The van der Waals surface area contributed by atoms with Crippen molar-refractivity contribution in [3.63, 3.8) is 0 Å². The molecular weight excluding hydrogens is 212 g/mol. The highest BCUT2D eigenvalue weighted by Crippen LogP contribution is 2.08. The highest BCUT2D eigenvalue weighted by molar-refractivity contribution is 7.87. The molecule has 0 amide bonds. The lowest BCUT2D eigenvalue weighted by Gasteiger charge is -2.27. The van der Waals surface area contributed by atoms with Crippen molar-refractivity contribution < 1.29 is 8.42 Å². The summed E-state index contributed by atoms with van der Waals surface area (Å²) in [7, 11) is -3.56. The number of rotatable bonds is 6. The van der Waals surface area contributed by atoms with E-state index in [0.717, 1.165) is 0 Å². The Labute approximate surface area is 92.6 Å². The van der Waals surface area contributed by atoms with E-state index in [4.69, 9.17) is 0 Å². The van der Waals surface area contributed by atoms with E-state index < -0.39 is 21.3 Å². The molecule has 5 heteroatoms. The van der Waals surface area contributed by atoms with Gasteiger partial charge in [-0.1, -0.05) is 12.2 Å². The van der Waals surface area contributed by atoms with Crippen LogP contribution in [-0.4, -0.2) is 19.5 Å². The van der Waals surface area contributed by atoms with Gasteiger partial charge in [0, 0.05) is 11.1 Å². The van der Waals surface area contributed by atoms with E-state index in [9.17, 15) is 8.42 Å². The molecule has 0 heterocycles. The van der Waals surface area contributed by atoms with Gasteiger partial charge in [-0.15, -0.1) is 13.2 Å². The van der Waals surface area contributed by atoms with Crippen molar-refractivity contribution in [2.24, 2.45) is 0 Å². The predicted octanol–water partition coefficient (Wildman–Crippen LogP) is 1.34. The van der Waals surface area contributed by atoms with Crippen molar-refractivity contribution in [1.82, 2.24) is 9.44 Å². The van der Waals surface area contributed by atoms with Crippen LogP contribution in [0.4, 0.5) is 0 Å². The Balaban J connectivity index is 4.74. The van der Waals surface area contributed by atoms with E-state index >= 15 is 0 Å². The van der Waals surface area contributed by atoms with E-state index in [2.05, 4.69) is 22.6 Å². The second kappa shape index (κ2) is 4.47. The quantitative estimate of drug-likeness (QED) is 0.679. The molecule has 0 aromatic heterocycles. The zero-order chi connectivity index (χ0) is 12.3. The first-order valence-electron chi connectivity index (χ1n) is 4.64. The van der Waals surface area contributed by atoms with Crippen molar-refractivity contribution in [2.75, 3.05) is 0 Å². The van der Waals surface area contributed by atoms with Crippen LogP contribution in [0.1, 0.15) is 27.7 Å². The monoisotopic (exact) mass is 232 g/mol. The summed E-state index contributed by atoms with van der Waals surface area (Å²) in [6, 6.07) is 0. The van der Waals surface area contributed by atoms with Crippen molar-refractivity contribution in [2.45, 2.75) is 38.8 Å². The third-order valence-electron chi connectivity index (χ3n) is 1.82. The van der Waals surface area contributed by atoms with Crippen LogP contribution in [0.3, 0.4) is 0 Å². The first kappa shape index (κ1) is 14.3. The molecule has 0 aliphatic heterocycles. The van der Waals surface area contributed by atoms with Gasteiger partial charge in [0.2, 0.25) is 0 Å². The zero-order valence-electron chi connectivity index (χ0n) is 9.79. The smallest absolute Gasteiger partial charge is 0.195 e. The Bertz CT molecular complexity index is 314. The fraction of sp³-hybridized carbons (Fsp3) is 0.600. The maximum atomic E-state index is 11.7. The summed E-state index contributed by atoms with van der Waals surface area (Å²) >= 11 is 0. The molecule has 0 fully saturated rings. The van der Waals surface area contributed by atoms with Crippen LogP contribution in [0, 0.1) is 0 Å². The second-order valence-electron chi connectivity index (χ2n) is 4.56. The van der Waals surface area contributed by atoms with E-state index in [1.807, 2.05) is 0 Å². The molecule has 0 saturated heterocycles. The minimum Gasteiger partial charge on any atom is -0.195 e. The van der Waals surface area contributed by atoms with Crippen LogP contribution >= 0.6 is 0 Å². The molecule has 0 aliphatic carbocycles. The summed E-state index contributed by atoms with van der Waals surface area (Å²) in [5.74, 6) is 0. The summed E-state index contributed by atoms with van der Waals surface area (Å²) in [4.78, 5) is 0. The van der Waals surface area contributed by atoms with Crippen LogP contribution in [0.25, 0.3) is 0 Å². The first-order valence-corrected chi connectivity index (χ1v) is 6.12. The molecule has 0 aromatic rings. The summed E-state index contributed by atoms with van der Waals surface area (Å²) in [5, 5.41) is 0. The van der Waals surface area contributed by atoms with Gasteiger partial charge in [-0.05, 0) is 27.7 Å². The van der Waals surface area contributed by atoms with Crippen molar-refractivity contribution in [1.29, 1.82) is 0 Å². The Morgan fingerprint density at radius 3 is 1.40 bits per heavy atom. The summed E-state index contributed by atoms with van der Waals surface area (Å²) < 4.78 is 28.3. The van der Waals surface area contributed by atoms with E-state index in [-0.39, 0.29) is 0 Å². The lowest BCUT2D eigenvalue weighted by molar-refractivity contribution is 0.489. The van der Waals surface area contributed by atoms with Gasteiger partial charge < -0.3 is 0 Å². The Morgan fingerprint density at radius 2 is 1.20 bits per heavy atom. The maximum absolute atomic E-state index is 11.7. The molecule has 0 bridgehead atoms. The highest BCUT2D eigenvalue weighted by Gasteiger charge is 2.26. The molecule has 0 aromatic carbocycles. The predicted molar refractivity (Wildman–Crippen MR) is 63.7 cm³/mol. The van der Waals surface area contributed by atoms with Gasteiger partial charge in [0.15, 0.2) is 0 Å². The lowest BCUT2D eigenvalue weighted by Crippen LogP contribution is -2.53. The molecule has 0 aliphatic rings. The topological polar surface area (TPSA) is 58.2 Å². The minimum atomic E-state index is -3.56. The van der Waals surface area contributed by atoms with E-state index in [1.54, 1.807) is 27.7 Å². The molecule has 2 N–H and O–H groups in total. The van der Waals surface area contributed by atoms with Gasteiger partial charge in [0.05, 0.1) is 0 Å². The van der Waals surface area contributed by atoms with Crippen LogP contribution in [0.2, 0.25) is 0 Å². The molecule has 4 nitrogen and oxygen atoms in total. The highest BCUT2D eigenvalue weighted by atomic mass is 32.2. The molecule has 0 unspecified atom stereocenters. The number of hydrogen-bond donors (Lipinski definition) is 2. The molecule has 0 radical (unpaired) electrons. The molecule has 0 rings (SSSR count). The standard InChI is InChI=1S/C10H20N2O2S/c1-7-9(3,4)11-15(13,14)12-10(5,6)8-2/h7-8,11-12H,1-2H2,3-6H3. The number of nitrogens with one attached hydrogen (secondary N) is 2. The lowest BCUT2D eigenvalue weighted by atomic mass is 10.1. The van der Waals surface area contributed by atoms with Crippen molar-refractivity contribution >= 4 is 10.2 Å². The molecule has 88 valence electrons. The second-order valence-corrected chi connectivity index (χ2v) is 5.97. The molecule has 0 atom stereocenters. The van der Waals surface area contributed by atoms with Crippen LogP contribution in [0.15, 0.2) is 25.3 Å². The third kappa shape index (κ3) is 5.71. The average molecular weight is 232 g/mol. The van der Waals surface area contributed by atoms with Gasteiger partial charge >= 0.3 is 0 Å². The largest absolute Gasteiger partial charge is 0.278 e. The fourth-order valence-electron chi connectivity index (χ4n) is 0.801. The zero-order valence-corrected chi connectivity index (χ0v) is 10.6. The van der Waals surface area contributed by atoms with Crippen LogP contribution in [0.5, 0.6) is 0 Å². The molecule has 0 saturated carbocycles. The van der Waals surface area contributed by atoms with Crippen molar-refractivity contribution in [3.05, 3.63) is 25.3 Å².